The predicted molar refractivity (Wildman–Crippen MR) is 161 cm³/mol. The first kappa shape index (κ1) is 30.9. The summed E-state index contributed by atoms with van der Waals surface area (Å²) in [6.45, 7) is 8.14. The van der Waals surface area contributed by atoms with Crippen molar-refractivity contribution in [3.05, 3.63) is 94.5 Å². The summed E-state index contributed by atoms with van der Waals surface area (Å²) in [6.07, 6.45) is -4.14. The van der Waals surface area contributed by atoms with Crippen LogP contribution in [-0.2, 0) is 23.1 Å². The summed E-state index contributed by atoms with van der Waals surface area (Å²) in [5.74, 6) is 0.0981. The van der Waals surface area contributed by atoms with Gasteiger partial charge in [0.25, 0.3) is 0 Å². The Morgan fingerprint density at radius 1 is 0.881 bits per heavy atom. The maximum absolute atomic E-state index is 13.7. The van der Waals surface area contributed by atoms with Gasteiger partial charge in [-0.2, -0.15) is 23.7 Å². The number of hydrogen-bond donors (Lipinski definition) is 0. The molecule has 0 spiro atoms. The van der Waals surface area contributed by atoms with Crippen LogP contribution in [0, 0.1) is 22.7 Å². The highest BCUT2D eigenvalue weighted by Crippen LogP contribution is 2.46. The Labute approximate surface area is 249 Å². The van der Waals surface area contributed by atoms with E-state index in [4.69, 9.17) is 0 Å². The van der Waals surface area contributed by atoms with Gasteiger partial charge in [-0.25, -0.2) is 0 Å². The number of hydrogen-bond acceptors (Lipinski definition) is 4. The van der Waals surface area contributed by atoms with E-state index in [0.717, 1.165) is 27.3 Å². The van der Waals surface area contributed by atoms with Crippen molar-refractivity contribution < 1.29 is 18.0 Å². The second-order valence-electron chi connectivity index (χ2n) is 10.9. The summed E-state index contributed by atoms with van der Waals surface area (Å²) in [7, 11) is 0. The molecular weight excluding hydrogens is 553 g/mol. The van der Waals surface area contributed by atoms with Crippen molar-refractivity contribution in [3.8, 4) is 23.3 Å². The molecule has 0 aliphatic heterocycles. The van der Waals surface area contributed by atoms with Crippen LogP contribution >= 0.6 is 11.8 Å². The number of benzene rings is 4. The molecule has 4 aromatic rings. The van der Waals surface area contributed by atoms with Gasteiger partial charge in [-0.1, -0.05) is 88.0 Å². The molecular formula is C35H31F3N2OS. The fourth-order valence-corrected chi connectivity index (χ4v) is 6.16. The van der Waals surface area contributed by atoms with Crippen LogP contribution in [0.1, 0.15) is 68.4 Å². The van der Waals surface area contributed by atoms with Crippen LogP contribution in [0.2, 0.25) is 0 Å². The smallest absolute Gasteiger partial charge is 0.299 e. The zero-order valence-electron chi connectivity index (χ0n) is 24.0. The molecule has 0 radical (unpaired) electrons. The maximum atomic E-state index is 13.7. The minimum atomic E-state index is -4.47. The zero-order chi connectivity index (χ0) is 30.7. The monoisotopic (exact) mass is 584 g/mol. The number of nitrogens with zero attached hydrogens (tertiary/aromatic N) is 2. The number of fused-ring (bicyclic) bond motifs is 1. The Balaban J connectivity index is 2.14. The highest BCUT2D eigenvalue weighted by Gasteiger charge is 2.31. The van der Waals surface area contributed by atoms with E-state index in [2.05, 4.69) is 32.9 Å². The maximum Gasteiger partial charge on any atom is 0.393 e. The molecule has 0 N–H and O–H groups in total. The van der Waals surface area contributed by atoms with Crippen molar-refractivity contribution >= 4 is 28.3 Å². The first-order valence-electron chi connectivity index (χ1n) is 13.8. The molecule has 0 heterocycles. The Morgan fingerprint density at radius 3 is 2.17 bits per heavy atom. The Morgan fingerprint density at radius 2 is 1.55 bits per heavy atom. The molecule has 0 aliphatic carbocycles. The zero-order valence-corrected chi connectivity index (χ0v) is 24.8. The van der Waals surface area contributed by atoms with Crippen molar-refractivity contribution in [1.29, 1.82) is 10.5 Å². The number of carbonyl (C=O) groups excluding carboxylic acids is 1. The van der Waals surface area contributed by atoms with Gasteiger partial charge in [0.15, 0.2) is 0 Å². The summed E-state index contributed by atoms with van der Waals surface area (Å²) in [5.41, 5.74) is 2.39. The summed E-state index contributed by atoms with van der Waals surface area (Å²) in [6, 6.07) is 23.7. The first-order chi connectivity index (χ1) is 19.9. The van der Waals surface area contributed by atoms with Crippen LogP contribution in [0.15, 0.2) is 76.5 Å². The number of ketones is 1. The van der Waals surface area contributed by atoms with Gasteiger partial charge >= 0.3 is 6.18 Å². The molecule has 0 bridgehead atoms. The minimum Gasteiger partial charge on any atom is -0.299 e. The normalized spacial score (nSPS) is 11.7. The lowest BCUT2D eigenvalue weighted by atomic mass is 9.80. The molecule has 0 fully saturated rings. The molecule has 0 aliphatic rings. The fourth-order valence-electron chi connectivity index (χ4n) is 4.99. The molecule has 0 aromatic heterocycles. The molecule has 4 rings (SSSR count). The predicted octanol–water partition coefficient (Wildman–Crippen LogP) is 9.72. The van der Waals surface area contributed by atoms with E-state index in [1.54, 1.807) is 24.3 Å². The first-order valence-corrected chi connectivity index (χ1v) is 14.6. The van der Waals surface area contributed by atoms with E-state index in [1.165, 1.54) is 17.8 Å². The third-order valence-electron chi connectivity index (χ3n) is 7.75. The van der Waals surface area contributed by atoms with E-state index >= 15 is 0 Å². The van der Waals surface area contributed by atoms with Gasteiger partial charge in [0.2, 0.25) is 0 Å². The lowest BCUT2D eigenvalue weighted by Gasteiger charge is -2.26. The van der Waals surface area contributed by atoms with E-state index in [1.807, 2.05) is 43.3 Å². The van der Waals surface area contributed by atoms with E-state index < -0.39 is 12.6 Å². The second kappa shape index (κ2) is 12.4. The van der Waals surface area contributed by atoms with Crippen molar-refractivity contribution in [2.45, 2.75) is 74.8 Å². The van der Waals surface area contributed by atoms with Gasteiger partial charge in [-0.3, -0.25) is 4.79 Å². The van der Waals surface area contributed by atoms with Gasteiger partial charge in [0.1, 0.15) is 17.9 Å². The second-order valence-corrected chi connectivity index (χ2v) is 12.0. The third kappa shape index (κ3) is 6.53. The van der Waals surface area contributed by atoms with Gasteiger partial charge < -0.3 is 0 Å². The highest BCUT2D eigenvalue weighted by molar-refractivity contribution is 7.99. The molecule has 3 nitrogen and oxygen atoms in total. The van der Waals surface area contributed by atoms with Gasteiger partial charge in [-0.05, 0) is 57.7 Å². The number of Topliss-reactive ketones (excluding diaryl/α,β-unsaturated/α-hetero) is 1. The fraction of sp³-hybridized carbons (Fsp3) is 0.286. The van der Waals surface area contributed by atoms with Crippen LogP contribution in [0.4, 0.5) is 13.2 Å². The molecule has 7 heteroatoms. The van der Waals surface area contributed by atoms with Gasteiger partial charge in [0, 0.05) is 33.6 Å². The van der Waals surface area contributed by atoms with Crippen LogP contribution in [0.3, 0.4) is 0 Å². The number of alkyl halides is 3. The standard InChI is InChI=1S/C35H31F3N2OS/c1-5-27(41)17-22-11-8-10-14-30(22)42-31-18-26(34(3,4)6-2)16-24-15-25(20-39)29(21-40)33(32(24)31)28-13-9-7-12-23(28)19-35(36,37)38/h7-16,18H,5-6,17,19H2,1-4H3. The lowest BCUT2D eigenvalue weighted by Crippen LogP contribution is -2.15. The summed E-state index contributed by atoms with van der Waals surface area (Å²) < 4.78 is 41.1. The molecule has 214 valence electrons. The van der Waals surface area contributed by atoms with Crippen molar-refractivity contribution in [2.24, 2.45) is 0 Å². The molecule has 0 saturated carbocycles. The Bertz CT molecular complexity index is 1740. The highest BCUT2D eigenvalue weighted by atomic mass is 32.2. The number of nitriles is 2. The molecule has 42 heavy (non-hydrogen) atoms. The summed E-state index contributed by atoms with van der Waals surface area (Å²) in [5, 5.41) is 21.6. The van der Waals surface area contributed by atoms with Gasteiger partial charge in [0.05, 0.1) is 17.5 Å². The summed E-state index contributed by atoms with van der Waals surface area (Å²) >= 11 is 1.43. The van der Waals surface area contributed by atoms with E-state index in [0.29, 0.717) is 22.8 Å². The molecule has 0 unspecified atom stereocenters. The topological polar surface area (TPSA) is 64.7 Å². The van der Waals surface area contributed by atoms with Crippen molar-refractivity contribution in [2.75, 3.05) is 0 Å². The number of carbonyl (C=O) groups is 1. The number of rotatable bonds is 9. The minimum absolute atomic E-state index is 0.0285. The third-order valence-corrected chi connectivity index (χ3v) is 8.91. The molecule has 0 atom stereocenters. The van der Waals surface area contributed by atoms with Crippen LogP contribution in [0.5, 0.6) is 0 Å². The lowest BCUT2D eigenvalue weighted by molar-refractivity contribution is -0.127. The molecule has 0 saturated heterocycles. The van der Waals surface area contributed by atoms with Crippen molar-refractivity contribution in [3.63, 3.8) is 0 Å². The van der Waals surface area contributed by atoms with E-state index in [-0.39, 0.29) is 39.9 Å². The summed E-state index contributed by atoms with van der Waals surface area (Å²) in [4.78, 5) is 14.0. The van der Waals surface area contributed by atoms with E-state index in [9.17, 15) is 28.5 Å². The van der Waals surface area contributed by atoms with Crippen molar-refractivity contribution in [1.82, 2.24) is 0 Å². The average Bonchev–Trinajstić information content (AvgIpc) is 2.96. The van der Waals surface area contributed by atoms with Gasteiger partial charge in [-0.15, -0.1) is 0 Å². The average molecular weight is 585 g/mol. The van der Waals surface area contributed by atoms with Crippen LogP contribution in [-0.4, -0.2) is 12.0 Å². The molecule has 0 amide bonds. The van der Waals surface area contributed by atoms with Crippen LogP contribution in [0.25, 0.3) is 21.9 Å². The Kier molecular flexibility index (Phi) is 9.14. The largest absolute Gasteiger partial charge is 0.393 e. The quantitative estimate of drug-likeness (QED) is 0.196. The van der Waals surface area contributed by atoms with Crippen LogP contribution < -0.4 is 0 Å². The molecule has 4 aromatic carbocycles. The number of halogens is 3. The SMILES string of the molecule is CCC(=O)Cc1ccccc1Sc1cc(C(C)(C)CC)cc2cc(C#N)c(C#N)c(-c3ccccc3CC(F)(F)F)c12. The Hall–Kier alpha value is -4.07.